The van der Waals surface area contributed by atoms with Gasteiger partial charge in [0.15, 0.2) is 5.82 Å². The Hall–Kier alpha value is -1.84. The summed E-state index contributed by atoms with van der Waals surface area (Å²) in [5, 5.41) is 3.64. The predicted octanol–water partition coefficient (Wildman–Crippen LogP) is 1.65. The average molecular weight is 190 g/mol. The zero-order valence-electron chi connectivity index (χ0n) is 8.00. The van der Waals surface area contributed by atoms with Crippen LogP contribution in [-0.2, 0) is 0 Å². The molecule has 0 atom stereocenters. The Morgan fingerprint density at radius 2 is 2.14 bits per heavy atom. The van der Waals surface area contributed by atoms with Gasteiger partial charge in [0.05, 0.1) is 0 Å². The van der Waals surface area contributed by atoms with Gasteiger partial charge >= 0.3 is 5.76 Å². The maximum Gasteiger partial charge on any atom is 0.439 e. The summed E-state index contributed by atoms with van der Waals surface area (Å²) in [5.74, 6) is -0.0443. The van der Waals surface area contributed by atoms with Gasteiger partial charge in [-0.2, -0.15) is 0 Å². The molecule has 0 aliphatic rings. The van der Waals surface area contributed by atoms with Crippen LogP contribution in [0.4, 0.5) is 0 Å². The predicted molar refractivity (Wildman–Crippen MR) is 52.0 cm³/mol. The summed E-state index contributed by atoms with van der Waals surface area (Å²) in [6, 6.07) is 5.83. The van der Waals surface area contributed by atoms with E-state index in [1.54, 1.807) is 0 Å². The molecule has 0 spiro atoms. The number of aryl methyl sites for hydroxylation is 1. The summed E-state index contributed by atoms with van der Waals surface area (Å²) < 4.78 is 4.45. The molecule has 0 unspecified atom stereocenters. The van der Waals surface area contributed by atoms with Gasteiger partial charge in [0.1, 0.15) is 0 Å². The van der Waals surface area contributed by atoms with E-state index >= 15 is 0 Å². The van der Waals surface area contributed by atoms with Crippen LogP contribution < -0.4 is 5.76 Å². The van der Waals surface area contributed by atoms with E-state index in [0.717, 1.165) is 16.7 Å². The van der Waals surface area contributed by atoms with Gasteiger partial charge in [-0.25, -0.2) is 4.79 Å². The van der Waals surface area contributed by atoms with Crippen LogP contribution >= 0.6 is 0 Å². The van der Waals surface area contributed by atoms with Crippen LogP contribution in [-0.4, -0.2) is 10.1 Å². The molecule has 0 saturated carbocycles. The van der Waals surface area contributed by atoms with E-state index in [-0.39, 0.29) is 0 Å². The Balaban J connectivity index is 2.62. The Morgan fingerprint density at radius 3 is 2.79 bits per heavy atom. The first-order valence-electron chi connectivity index (χ1n) is 4.31. The highest BCUT2D eigenvalue weighted by molar-refractivity contribution is 5.60. The fourth-order valence-corrected chi connectivity index (χ4v) is 1.35. The standard InChI is InChI=1S/C10H10N2O2/c1-6-4-3-5-8(7(6)2)9-11-10(13)14-12-9/h3-5H,1-2H3,(H,11,12,13). The van der Waals surface area contributed by atoms with E-state index in [4.69, 9.17) is 0 Å². The van der Waals surface area contributed by atoms with Crippen molar-refractivity contribution in [2.75, 3.05) is 0 Å². The molecule has 2 aromatic rings. The van der Waals surface area contributed by atoms with Crippen molar-refractivity contribution in [3.8, 4) is 11.4 Å². The van der Waals surface area contributed by atoms with Crippen molar-refractivity contribution in [3.05, 3.63) is 39.9 Å². The van der Waals surface area contributed by atoms with E-state index in [1.807, 2.05) is 32.0 Å². The van der Waals surface area contributed by atoms with Gasteiger partial charge < -0.3 is 0 Å². The first-order valence-corrected chi connectivity index (χ1v) is 4.31. The summed E-state index contributed by atoms with van der Waals surface area (Å²) >= 11 is 0. The zero-order valence-corrected chi connectivity index (χ0v) is 8.00. The minimum Gasteiger partial charge on any atom is -0.296 e. The molecule has 0 fully saturated rings. The number of benzene rings is 1. The second-order valence-electron chi connectivity index (χ2n) is 3.19. The van der Waals surface area contributed by atoms with Crippen LogP contribution in [0.3, 0.4) is 0 Å². The smallest absolute Gasteiger partial charge is 0.296 e. The number of aromatic nitrogens is 2. The molecule has 14 heavy (non-hydrogen) atoms. The molecule has 1 aromatic heterocycles. The SMILES string of the molecule is Cc1cccc(-c2noc(=O)[nH]2)c1C. The minimum absolute atomic E-state index is 0.483. The van der Waals surface area contributed by atoms with E-state index < -0.39 is 5.76 Å². The monoisotopic (exact) mass is 190 g/mol. The van der Waals surface area contributed by atoms with Gasteiger partial charge in [-0.1, -0.05) is 23.4 Å². The Morgan fingerprint density at radius 1 is 1.36 bits per heavy atom. The van der Waals surface area contributed by atoms with E-state index in [2.05, 4.69) is 14.7 Å². The average Bonchev–Trinajstić information content (AvgIpc) is 2.57. The largest absolute Gasteiger partial charge is 0.439 e. The lowest BCUT2D eigenvalue weighted by molar-refractivity contribution is 0.388. The maximum atomic E-state index is 10.8. The second-order valence-corrected chi connectivity index (χ2v) is 3.19. The molecule has 0 aliphatic heterocycles. The first-order chi connectivity index (χ1) is 6.68. The fraction of sp³-hybridized carbons (Fsp3) is 0.200. The maximum absolute atomic E-state index is 10.8. The number of aromatic amines is 1. The van der Waals surface area contributed by atoms with Crippen molar-refractivity contribution in [3.63, 3.8) is 0 Å². The summed E-state index contributed by atoms with van der Waals surface area (Å²) in [5.41, 5.74) is 3.15. The molecule has 0 aliphatic carbocycles. The molecule has 1 heterocycles. The highest BCUT2D eigenvalue weighted by Gasteiger charge is 2.07. The zero-order chi connectivity index (χ0) is 10.1. The molecule has 0 saturated heterocycles. The third-order valence-electron chi connectivity index (χ3n) is 2.30. The number of nitrogens with zero attached hydrogens (tertiary/aromatic N) is 1. The van der Waals surface area contributed by atoms with Crippen molar-refractivity contribution >= 4 is 0 Å². The molecule has 1 aromatic carbocycles. The van der Waals surface area contributed by atoms with Crippen molar-refractivity contribution in [2.45, 2.75) is 13.8 Å². The van der Waals surface area contributed by atoms with Crippen LogP contribution in [0.5, 0.6) is 0 Å². The van der Waals surface area contributed by atoms with Crippen molar-refractivity contribution in [1.29, 1.82) is 0 Å². The molecule has 4 heteroatoms. The van der Waals surface area contributed by atoms with E-state index in [0.29, 0.717) is 5.82 Å². The van der Waals surface area contributed by atoms with Gasteiger partial charge in [0, 0.05) is 5.56 Å². The first kappa shape index (κ1) is 8.74. The highest BCUT2D eigenvalue weighted by Crippen LogP contribution is 2.20. The Labute approximate surface area is 80.6 Å². The van der Waals surface area contributed by atoms with E-state index in [9.17, 15) is 4.79 Å². The van der Waals surface area contributed by atoms with Gasteiger partial charge in [0.25, 0.3) is 0 Å². The van der Waals surface area contributed by atoms with Gasteiger partial charge in [-0.3, -0.25) is 9.51 Å². The third-order valence-corrected chi connectivity index (χ3v) is 2.30. The lowest BCUT2D eigenvalue weighted by Gasteiger charge is -2.03. The molecule has 0 bridgehead atoms. The molecule has 1 N–H and O–H groups in total. The lowest BCUT2D eigenvalue weighted by atomic mass is 10.0. The lowest BCUT2D eigenvalue weighted by Crippen LogP contribution is -1.96. The van der Waals surface area contributed by atoms with Gasteiger partial charge in [-0.05, 0) is 25.0 Å². The minimum atomic E-state index is -0.527. The third kappa shape index (κ3) is 1.35. The highest BCUT2D eigenvalue weighted by atomic mass is 16.5. The topological polar surface area (TPSA) is 58.9 Å². The molecule has 2 rings (SSSR count). The number of rotatable bonds is 1. The molecule has 4 nitrogen and oxygen atoms in total. The summed E-state index contributed by atoms with van der Waals surface area (Å²) in [4.78, 5) is 13.3. The summed E-state index contributed by atoms with van der Waals surface area (Å²) in [6.07, 6.45) is 0. The Bertz CT molecular complexity index is 511. The molecule has 72 valence electrons. The molecular formula is C10H10N2O2. The van der Waals surface area contributed by atoms with Gasteiger partial charge in [0.2, 0.25) is 0 Å². The van der Waals surface area contributed by atoms with Crippen molar-refractivity contribution in [2.24, 2.45) is 0 Å². The number of hydrogen-bond acceptors (Lipinski definition) is 3. The van der Waals surface area contributed by atoms with Gasteiger partial charge in [-0.15, -0.1) is 0 Å². The molecule has 0 amide bonds. The Kier molecular flexibility index (Phi) is 1.96. The van der Waals surface area contributed by atoms with Crippen LogP contribution in [0.1, 0.15) is 11.1 Å². The summed E-state index contributed by atoms with van der Waals surface area (Å²) in [6.45, 7) is 3.99. The molecule has 0 radical (unpaired) electrons. The van der Waals surface area contributed by atoms with Crippen LogP contribution in [0.2, 0.25) is 0 Å². The number of nitrogens with one attached hydrogen (secondary N) is 1. The van der Waals surface area contributed by atoms with Crippen LogP contribution in [0.25, 0.3) is 11.4 Å². The van der Waals surface area contributed by atoms with Crippen LogP contribution in [0.15, 0.2) is 27.5 Å². The second kappa shape index (κ2) is 3.14. The fourth-order valence-electron chi connectivity index (χ4n) is 1.35. The van der Waals surface area contributed by atoms with Crippen LogP contribution in [0, 0.1) is 13.8 Å². The normalized spacial score (nSPS) is 10.4. The summed E-state index contributed by atoms with van der Waals surface area (Å²) in [7, 11) is 0. The molecular weight excluding hydrogens is 180 g/mol. The van der Waals surface area contributed by atoms with E-state index in [1.165, 1.54) is 0 Å². The van der Waals surface area contributed by atoms with Crippen molar-refractivity contribution < 1.29 is 4.52 Å². The number of H-pyrrole nitrogens is 1. The number of hydrogen-bond donors (Lipinski definition) is 1. The quantitative estimate of drug-likeness (QED) is 0.743. The van der Waals surface area contributed by atoms with Crippen molar-refractivity contribution in [1.82, 2.24) is 10.1 Å².